The van der Waals surface area contributed by atoms with Gasteiger partial charge in [0.05, 0.1) is 12.7 Å². The van der Waals surface area contributed by atoms with Crippen LogP contribution in [-0.2, 0) is 18.4 Å². The second-order valence-corrected chi connectivity index (χ2v) is 5.79. The molecule has 3 heteroatoms. The molecule has 0 aromatic heterocycles. The van der Waals surface area contributed by atoms with Crippen LogP contribution in [0.2, 0.25) is 0 Å². The van der Waals surface area contributed by atoms with Gasteiger partial charge in [-0.1, -0.05) is 29.8 Å². The highest BCUT2D eigenvalue weighted by atomic mass is 19.1. The zero-order chi connectivity index (χ0) is 15.0. The lowest BCUT2D eigenvalue weighted by molar-refractivity contribution is 0.0383. The second kappa shape index (κ2) is 5.15. The number of aliphatic hydroxyl groups is 1. The molecule has 1 aliphatic rings. The van der Waals surface area contributed by atoms with E-state index in [-0.39, 0.29) is 5.82 Å². The highest BCUT2D eigenvalue weighted by Gasteiger charge is 2.38. The van der Waals surface area contributed by atoms with E-state index in [0.29, 0.717) is 30.4 Å². The Morgan fingerprint density at radius 1 is 1.29 bits per heavy atom. The van der Waals surface area contributed by atoms with E-state index < -0.39 is 5.60 Å². The van der Waals surface area contributed by atoms with Gasteiger partial charge in [0.25, 0.3) is 0 Å². The number of benzene rings is 2. The molecule has 0 saturated heterocycles. The molecule has 1 N–H and O–H groups in total. The molecule has 0 amide bonds. The number of halogens is 1. The minimum absolute atomic E-state index is 0.223. The Balaban J connectivity index is 2.00. The van der Waals surface area contributed by atoms with E-state index in [9.17, 15) is 9.50 Å². The fourth-order valence-electron chi connectivity index (χ4n) is 3.26. The molecule has 0 bridgehead atoms. The highest BCUT2D eigenvalue weighted by molar-refractivity contribution is 5.43. The van der Waals surface area contributed by atoms with Gasteiger partial charge in [0.15, 0.2) is 0 Å². The molecule has 3 rings (SSSR count). The van der Waals surface area contributed by atoms with Gasteiger partial charge in [0.1, 0.15) is 11.6 Å². The van der Waals surface area contributed by atoms with Crippen LogP contribution in [-0.4, -0.2) is 12.2 Å². The minimum Gasteiger partial charge on any atom is -0.496 e. The number of ether oxygens (including phenoxy) is 1. The zero-order valence-corrected chi connectivity index (χ0v) is 12.3. The predicted molar refractivity (Wildman–Crippen MR) is 80.1 cm³/mol. The maximum absolute atomic E-state index is 13.8. The van der Waals surface area contributed by atoms with Gasteiger partial charge in [-0.3, -0.25) is 0 Å². The number of methoxy groups -OCH3 is 1. The van der Waals surface area contributed by atoms with E-state index in [0.717, 1.165) is 16.9 Å². The lowest BCUT2D eigenvalue weighted by Crippen LogP contribution is -2.25. The average molecular weight is 286 g/mol. The smallest absolute Gasteiger partial charge is 0.126 e. The lowest BCUT2D eigenvalue weighted by atomic mass is 9.88. The van der Waals surface area contributed by atoms with E-state index in [4.69, 9.17) is 4.74 Å². The predicted octanol–water partition coefficient (Wildman–Crippen LogP) is 3.52. The molecule has 0 aliphatic heterocycles. The topological polar surface area (TPSA) is 29.5 Å². The molecule has 110 valence electrons. The maximum Gasteiger partial charge on any atom is 0.126 e. The van der Waals surface area contributed by atoms with Crippen molar-refractivity contribution in [1.29, 1.82) is 0 Å². The highest BCUT2D eigenvalue weighted by Crippen LogP contribution is 2.41. The van der Waals surface area contributed by atoms with E-state index in [2.05, 4.69) is 0 Å². The summed E-state index contributed by atoms with van der Waals surface area (Å²) in [5.41, 5.74) is 2.42. The van der Waals surface area contributed by atoms with Gasteiger partial charge in [-0.25, -0.2) is 4.39 Å². The molecule has 21 heavy (non-hydrogen) atoms. The third kappa shape index (κ3) is 2.42. The molecule has 2 aromatic rings. The summed E-state index contributed by atoms with van der Waals surface area (Å²) in [5.74, 6) is 0.540. The van der Waals surface area contributed by atoms with Crippen LogP contribution in [0.1, 0.15) is 28.7 Å². The third-order valence-corrected chi connectivity index (χ3v) is 4.33. The van der Waals surface area contributed by atoms with Gasteiger partial charge >= 0.3 is 0 Å². The monoisotopic (exact) mass is 286 g/mol. The van der Waals surface area contributed by atoms with E-state index in [1.165, 1.54) is 6.07 Å². The Labute approximate surface area is 124 Å². The van der Waals surface area contributed by atoms with E-state index in [1.54, 1.807) is 13.2 Å². The fraction of sp³-hybridized carbons (Fsp3) is 0.333. The summed E-state index contributed by atoms with van der Waals surface area (Å²) in [7, 11) is 1.63. The van der Waals surface area contributed by atoms with Crippen molar-refractivity contribution < 1.29 is 14.2 Å². The van der Waals surface area contributed by atoms with Crippen molar-refractivity contribution in [2.45, 2.75) is 31.8 Å². The van der Waals surface area contributed by atoms with E-state index >= 15 is 0 Å². The van der Waals surface area contributed by atoms with Crippen LogP contribution >= 0.6 is 0 Å². The Kier molecular flexibility index (Phi) is 3.46. The number of fused-ring (bicyclic) bond motifs is 1. The van der Waals surface area contributed by atoms with Crippen LogP contribution in [0.4, 0.5) is 4.39 Å². The Morgan fingerprint density at radius 3 is 2.86 bits per heavy atom. The lowest BCUT2D eigenvalue weighted by Gasteiger charge is -2.25. The summed E-state index contributed by atoms with van der Waals surface area (Å²) >= 11 is 0. The molecular weight excluding hydrogens is 267 g/mol. The molecule has 2 nitrogen and oxygen atoms in total. The first-order chi connectivity index (χ1) is 10.0. The Hall–Kier alpha value is -1.87. The first kappa shape index (κ1) is 14.1. The molecule has 1 unspecified atom stereocenters. The first-order valence-corrected chi connectivity index (χ1v) is 7.17. The van der Waals surface area contributed by atoms with Crippen LogP contribution in [0.15, 0.2) is 36.4 Å². The van der Waals surface area contributed by atoms with Crippen molar-refractivity contribution in [3.8, 4) is 5.75 Å². The normalized spacial score (nSPS) is 20.4. The van der Waals surface area contributed by atoms with Gasteiger partial charge in [0.2, 0.25) is 0 Å². The van der Waals surface area contributed by atoms with Gasteiger partial charge in [-0.15, -0.1) is 0 Å². The SMILES string of the molecule is COc1ccc(C)cc1CC1(O)CCc2c(F)cccc21. The summed E-state index contributed by atoms with van der Waals surface area (Å²) in [4.78, 5) is 0. The molecule has 0 fully saturated rings. The minimum atomic E-state index is -1.02. The summed E-state index contributed by atoms with van der Waals surface area (Å²) in [5, 5.41) is 11.0. The largest absolute Gasteiger partial charge is 0.496 e. The molecule has 0 heterocycles. The number of hydrogen-bond donors (Lipinski definition) is 1. The van der Waals surface area contributed by atoms with Crippen molar-refractivity contribution in [3.05, 3.63) is 64.5 Å². The van der Waals surface area contributed by atoms with Crippen LogP contribution in [0.5, 0.6) is 5.75 Å². The summed E-state index contributed by atoms with van der Waals surface area (Å²) in [6.45, 7) is 2.01. The number of hydrogen-bond acceptors (Lipinski definition) is 2. The molecule has 0 saturated carbocycles. The van der Waals surface area contributed by atoms with Crippen LogP contribution in [0.25, 0.3) is 0 Å². The third-order valence-electron chi connectivity index (χ3n) is 4.33. The number of rotatable bonds is 3. The first-order valence-electron chi connectivity index (χ1n) is 7.17. The van der Waals surface area contributed by atoms with Crippen molar-refractivity contribution in [1.82, 2.24) is 0 Å². The molecule has 0 radical (unpaired) electrons. The summed E-state index contributed by atoms with van der Waals surface area (Å²) in [6.07, 6.45) is 1.56. The van der Waals surface area contributed by atoms with Crippen molar-refractivity contribution >= 4 is 0 Å². The van der Waals surface area contributed by atoms with Crippen LogP contribution in [0, 0.1) is 12.7 Å². The molecule has 1 aliphatic carbocycles. The van der Waals surface area contributed by atoms with Gasteiger partial charge in [-0.2, -0.15) is 0 Å². The van der Waals surface area contributed by atoms with Crippen molar-refractivity contribution in [2.24, 2.45) is 0 Å². The maximum atomic E-state index is 13.8. The molecule has 2 aromatic carbocycles. The fourth-order valence-corrected chi connectivity index (χ4v) is 3.26. The second-order valence-electron chi connectivity index (χ2n) is 5.79. The van der Waals surface area contributed by atoms with Gasteiger partial charge < -0.3 is 9.84 Å². The standard InChI is InChI=1S/C18H19FO2/c1-12-6-7-17(21-2)13(10-12)11-18(20)9-8-14-15(18)4-3-5-16(14)19/h3-7,10,20H,8-9,11H2,1-2H3. The Bertz CT molecular complexity index is 681. The average Bonchev–Trinajstić information content (AvgIpc) is 2.78. The number of aryl methyl sites for hydroxylation is 1. The Morgan fingerprint density at radius 2 is 2.10 bits per heavy atom. The van der Waals surface area contributed by atoms with Crippen molar-refractivity contribution in [3.63, 3.8) is 0 Å². The van der Waals surface area contributed by atoms with E-state index in [1.807, 2.05) is 31.2 Å². The van der Waals surface area contributed by atoms with Crippen LogP contribution in [0.3, 0.4) is 0 Å². The van der Waals surface area contributed by atoms with Gasteiger partial charge in [-0.05, 0) is 48.6 Å². The molecule has 0 spiro atoms. The summed E-state index contributed by atoms with van der Waals surface area (Å²) in [6, 6.07) is 10.9. The quantitative estimate of drug-likeness (QED) is 0.935. The zero-order valence-electron chi connectivity index (χ0n) is 12.3. The molecule has 1 atom stereocenters. The van der Waals surface area contributed by atoms with Crippen molar-refractivity contribution in [2.75, 3.05) is 7.11 Å². The summed E-state index contributed by atoms with van der Waals surface area (Å²) < 4.78 is 19.2. The van der Waals surface area contributed by atoms with Gasteiger partial charge in [0, 0.05) is 6.42 Å². The van der Waals surface area contributed by atoms with Crippen LogP contribution < -0.4 is 4.74 Å². The molecular formula is C18H19FO2.